The highest BCUT2D eigenvalue weighted by Crippen LogP contribution is 2.41. The average Bonchev–Trinajstić information content (AvgIpc) is 3.00. The second-order valence-corrected chi connectivity index (χ2v) is 6.19. The highest BCUT2D eigenvalue weighted by molar-refractivity contribution is 6.31. The number of nitrogens with zero attached hydrogens (tertiary/aromatic N) is 2. The van der Waals surface area contributed by atoms with E-state index in [1.165, 1.54) is 25.7 Å². The molecule has 1 aliphatic rings. The fourth-order valence-corrected chi connectivity index (χ4v) is 3.63. The van der Waals surface area contributed by atoms with Gasteiger partial charge in [0.05, 0.1) is 23.0 Å². The number of rotatable bonds is 6. The predicted molar refractivity (Wildman–Crippen MR) is 80.4 cm³/mol. The van der Waals surface area contributed by atoms with Crippen LogP contribution in [0, 0.1) is 11.8 Å². The van der Waals surface area contributed by atoms with Crippen LogP contribution in [-0.4, -0.2) is 16.3 Å². The van der Waals surface area contributed by atoms with Gasteiger partial charge in [-0.25, -0.2) is 0 Å². The normalized spacial score (nSPS) is 24.8. The van der Waals surface area contributed by atoms with Gasteiger partial charge in [0.15, 0.2) is 0 Å². The Kier molecular flexibility index (Phi) is 5.28. The second kappa shape index (κ2) is 6.76. The molecule has 0 amide bonds. The predicted octanol–water partition coefficient (Wildman–Crippen LogP) is 3.94. The number of halogens is 1. The van der Waals surface area contributed by atoms with Crippen molar-refractivity contribution >= 4 is 11.6 Å². The van der Waals surface area contributed by atoms with Gasteiger partial charge in [0, 0.05) is 7.05 Å². The van der Waals surface area contributed by atoms with Crippen molar-refractivity contribution in [3.05, 3.63) is 16.9 Å². The number of nitrogens with one attached hydrogen (secondary N) is 1. The molecule has 1 fully saturated rings. The molecule has 3 nitrogen and oxygen atoms in total. The Hall–Kier alpha value is -0.540. The fraction of sp³-hybridized carbons (Fsp3) is 0.800. The molecule has 4 heteroatoms. The van der Waals surface area contributed by atoms with E-state index in [0.717, 1.165) is 29.6 Å². The van der Waals surface area contributed by atoms with Crippen LogP contribution < -0.4 is 5.32 Å². The molecule has 1 aliphatic carbocycles. The maximum absolute atomic E-state index is 6.34. The molecule has 3 unspecified atom stereocenters. The maximum atomic E-state index is 6.34. The Morgan fingerprint density at radius 3 is 2.79 bits per heavy atom. The van der Waals surface area contributed by atoms with Gasteiger partial charge in [-0.3, -0.25) is 4.68 Å². The zero-order valence-electron chi connectivity index (χ0n) is 12.3. The van der Waals surface area contributed by atoms with E-state index in [9.17, 15) is 0 Å². The largest absolute Gasteiger partial charge is 0.308 e. The van der Waals surface area contributed by atoms with E-state index in [0.29, 0.717) is 12.0 Å². The van der Waals surface area contributed by atoms with Crippen molar-refractivity contribution in [1.82, 2.24) is 15.1 Å². The average molecular weight is 284 g/mol. The Morgan fingerprint density at radius 2 is 2.26 bits per heavy atom. The van der Waals surface area contributed by atoms with Gasteiger partial charge < -0.3 is 5.32 Å². The third-order valence-electron chi connectivity index (χ3n) is 4.48. The van der Waals surface area contributed by atoms with Crippen LogP contribution in [-0.2, 0) is 7.05 Å². The van der Waals surface area contributed by atoms with Crippen molar-refractivity contribution in [2.75, 3.05) is 6.54 Å². The summed E-state index contributed by atoms with van der Waals surface area (Å²) in [5.41, 5.74) is 1.16. The van der Waals surface area contributed by atoms with Crippen LogP contribution >= 0.6 is 11.6 Å². The van der Waals surface area contributed by atoms with Crippen molar-refractivity contribution in [2.45, 2.75) is 52.0 Å². The van der Waals surface area contributed by atoms with Gasteiger partial charge in [-0.1, -0.05) is 38.3 Å². The van der Waals surface area contributed by atoms with E-state index < -0.39 is 0 Å². The first-order valence-corrected chi connectivity index (χ1v) is 7.95. The van der Waals surface area contributed by atoms with Crippen molar-refractivity contribution < 1.29 is 0 Å². The lowest BCUT2D eigenvalue weighted by molar-refractivity contribution is 0.339. The van der Waals surface area contributed by atoms with E-state index in [-0.39, 0.29) is 0 Å². The lowest BCUT2D eigenvalue weighted by Gasteiger charge is -2.26. The molecule has 108 valence electrons. The summed E-state index contributed by atoms with van der Waals surface area (Å²) in [6, 6.07) is 0.358. The minimum Gasteiger partial charge on any atom is -0.308 e. The fourth-order valence-electron chi connectivity index (χ4n) is 3.34. The topological polar surface area (TPSA) is 29.9 Å². The summed E-state index contributed by atoms with van der Waals surface area (Å²) in [5, 5.41) is 8.80. The Bertz CT molecular complexity index is 383. The summed E-state index contributed by atoms with van der Waals surface area (Å²) in [4.78, 5) is 0. The smallest absolute Gasteiger partial charge is 0.0834 e. The van der Waals surface area contributed by atoms with Crippen molar-refractivity contribution in [3.8, 4) is 0 Å². The summed E-state index contributed by atoms with van der Waals surface area (Å²) in [7, 11) is 1.99. The molecule has 0 aliphatic heterocycles. The molecule has 0 aromatic carbocycles. The molecular weight excluding hydrogens is 258 g/mol. The first kappa shape index (κ1) is 14.9. The first-order chi connectivity index (χ1) is 9.17. The van der Waals surface area contributed by atoms with Crippen LogP contribution in [0.5, 0.6) is 0 Å². The molecule has 19 heavy (non-hydrogen) atoms. The standard InChI is InChI=1S/C15H26ClN3/c1-4-8-17-14(12-7-6-11(5-2)9-12)15-13(16)10-18-19(15)3/h10-12,14,17H,4-9H2,1-3H3. The maximum Gasteiger partial charge on any atom is 0.0834 e. The number of aryl methyl sites for hydroxylation is 1. The Balaban J connectivity index is 2.17. The lowest BCUT2D eigenvalue weighted by atomic mass is 9.93. The van der Waals surface area contributed by atoms with E-state index in [4.69, 9.17) is 11.6 Å². The van der Waals surface area contributed by atoms with Gasteiger partial charge in [0.2, 0.25) is 0 Å². The summed E-state index contributed by atoms with van der Waals surface area (Å²) in [6.07, 6.45) is 8.21. The molecule has 3 atom stereocenters. The Morgan fingerprint density at radius 1 is 1.47 bits per heavy atom. The quantitative estimate of drug-likeness (QED) is 0.857. The lowest BCUT2D eigenvalue weighted by Crippen LogP contribution is -2.30. The van der Waals surface area contributed by atoms with E-state index >= 15 is 0 Å². The molecule has 1 aromatic rings. The third kappa shape index (κ3) is 3.32. The molecule has 0 saturated heterocycles. The summed E-state index contributed by atoms with van der Waals surface area (Å²) >= 11 is 6.34. The number of aromatic nitrogens is 2. The molecule has 1 saturated carbocycles. The zero-order chi connectivity index (χ0) is 13.8. The van der Waals surface area contributed by atoms with Crippen LogP contribution in [0.3, 0.4) is 0 Å². The summed E-state index contributed by atoms with van der Waals surface area (Å²) in [6.45, 7) is 5.55. The highest BCUT2D eigenvalue weighted by Gasteiger charge is 2.33. The first-order valence-electron chi connectivity index (χ1n) is 7.58. The van der Waals surface area contributed by atoms with E-state index in [1.807, 2.05) is 11.7 Å². The monoisotopic (exact) mass is 283 g/mol. The molecule has 0 radical (unpaired) electrons. The van der Waals surface area contributed by atoms with Gasteiger partial charge >= 0.3 is 0 Å². The highest BCUT2D eigenvalue weighted by atomic mass is 35.5. The van der Waals surface area contributed by atoms with Crippen LogP contribution in [0.1, 0.15) is 57.7 Å². The van der Waals surface area contributed by atoms with E-state index in [1.54, 1.807) is 6.20 Å². The molecule has 0 bridgehead atoms. The van der Waals surface area contributed by atoms with Gasteiger partial charge in [-0.15, -0.1) is 0 Å². The van der Waals surface area contributed by atoms with Gasteiger partial charge in [-0.05, 0) is 37.6 Å². The van der Waals surface area contributed by atoms with Crippen molar-refractivity contribution in [2.24, 2.45) is 18.9 Å². The van der Waals surface area contributed by atoms with Crippen molar-refractivity contribution in [3.63, 3.8) is 0 Å². The van der Waals surface area contributed by atoms with Gasteiger partial charge in [-0.2, -0.15) is 5.10 Å². The number of hydrogen-bond donors (Lipinski definition) is 1. The van der Waals surface area contributed by atoms with Crippen LogP contribution in [0.15, 0.2) is 6.20 Å². The summed E-state index contributed by atoms with van der Waals surface area (Å²) < 4.78 is 1.94. The minimum atomic E-state index is 0.358. The van der Waals surface area contributed by atoms with Gasteiger partial charge in [0.25, 0.3) is 0 Å². The Labute approximate surface area is 121 Å². The van der Waals surface area contributed by atoms with Crippen LogP contribution in [0.25, 0.3) is 0 Å². The molecular formula is C15H26ClN3. The molecule has 1 aromatic heterocycles. The van der Waals surface area contributed by atoms with Gasteiger partial charge in [0.1, 0.15) is 0 Å². The van der Waals surface area contributed by atoms with E-state index in [2.05, 4.69) is 24.3 Å². The molecule has 1 N–H and O–H groups in total. The zero-order valence-corrected chi connectivity index (χ0v) is 13.1. The molecule has 1 heterocycles. The van der Waals surface area contributed by atoms with Crippen molar-refractivity contribution in [1.29, 1.82) is 0 Å². The van der Waals surface area contributed by atoms with Crippen LogP contribution in [0.2, 0.25) is 5.02 Å². The third-order valence-corrected chi connectivity index (χ3v) is 4.77. The van der Waals surface area contributed by atoms with Crippen LogP contribution in [0.4, 0.5) is 0 Å². The summed E-state index contributed by atoms with van der Waals surface area (Å²) in [5.74, 6) is 1.59. The molecule has 2 rings (SSSR count). The SMILES string of the molecule is CCCNC(c1c(Cl)cnn1C)C1CCC(CC)C1. The minimum absolute atomic E-state index is 0.358. The second-order valence-electron chi connectivity index (χ2n) is 5.78. The molecule has 0 spiro atoms. The number of hydrogen-bond acceptors (Lipinski definition) is 2.